The molecule has 1 atom stereocenters. The van der Waals surface area contributed by atoms with Crippen LogP contribution < -0.4 is 10.6 Å². The van der Waals surface area contributed by atoms with Crippen molar-refractivity contribution in [1.82, 2.24) is 20.4 Å². The van der Waals surface area contributed by atoms with Crippen molar-refractivity contribution in [2.45, 2.75) is 29.0 Å². The van der Waals surface area contributed by atoms with Crippen LogP contribution in [0.25, 0.3) is 0 Å². The van der Waals surface area contributed by atoms with E-state index in [0.29, 0.717) is 17.1 Å². The molecule has 3 heterocycles. The third kappa shape index (κ3) is 4.48. The third-order valence-electron chi connectivity index (χ3n) is 4.85. The molecule has 4 rings (SSSR count). The summed E-state index contributed by atoms with van der Waals surface area (Å²) in [5, 5.41) is 15.8. The van der Waals surface area contributed by atoms with E-state index in [4.69, 9.17) is 0 Å². The number of carbonyl (C=O) groups excluding carboxylic acids is 3. The van der Waals surface area contributed by atoms with Gasteiger partial charge in [0.25, 0.3) is 5.91 Å². The number of hydrogen-bond acceptors (Lipinski definition) is 8. The number of carbonyl (C=O) groups is 3. The molecule has 1 fully saturated rings. The highest BCUT2D eigenvalue weighted by atomic mass is 32.2. The maximum atomic E-state index is 13.1. The quantitative estimate of drug-likeness (QED) is 0.294. The number of nitrogens with one attached hydrogen (secondary N) is 2. The van der Waals surface area contributed by atoms with Crippen molar-refractivity contribution in [3.63, 3.8) is 0 Å². The van der Waals surface area contributed by atoms with Gasteiger partial charge in [-0.05, 0) is 23.4 Å². The largest absolute Gasteiger partial charge is 0.325 e. The second kappa shape index (κ2) is 9.16. The van der Waals surface area contributed by atoms with Gasteiger partial charge in [0.2, 0.25) is 11.0 Å². The smallest absolute Gasteiger partial charge is 0.319 e. The van der Waals surface area contributed by atoms with Crippen molar-refractivity contribution in [1.29, 1.82) is 0 Å². The average molecular weight is 474 g/mol. The van der Waals surface area contributed by atoms with Crippen LogP contribution in [0.4, 0.5) is 9.93 Å². The summed E-state index contributed by atoms with van der Waals surface area (Å²) in [6.45, 7) is 1.43. The lowest BCUT2D eigenvalue weighted by atomic mass is 9.87. The molecule has 31 heavy (non-hydrogen) atoms. The van der Waals surface area contributed by atoms with E-state index in [2.05, 4.69) is 20.8 Å². The average Bonchev–Trinajstić information content (AvgIpc) is 3.50. The van der Waals surface area contributed by atoms with E-state index in [1.54, 1.807) is 23.5 Å². The van der Waals surface area contributed by atoms with Gasteiger partial charge < -0.3 is 5.32 Å². The predicted octanol–water partition coefficient (Wildman–Crippen LogP) is 3.69. The Bertz CT molecular complexity index is 1090. The summed E-state index contributed by atoms with van der Waals surface area (Å²) in [5.41, 5.74) is -0.470. The second-order valence-electron chi connectivity index (χ2n) is 6.74. The Morgan fingerprint density at radius 3 is 2.71 bits per heavy atom. The van der Waals surface area contributed by atoms with Gasteiger partial charge >= 0.3 is 6.03 Å². The van der Waals surface area contributed by atoms with E-state index in [1.165, 1.54) is 28.0 Å². The van der Waals surface area contributed by atoms with Gasteiger partial charge in [-0.25, -0.2) is 4.79 Å². The van der Waals surface area contributed by atoms with Crippen molar-refractivity contribution in [2.75, 3.05) is 11.9 Å². The summed E-state index contributed by atoms with van der Waals surface area (Å²) < 4.78 is 0.729. The van der Waals surface area contributed by atoms with Gasteiger partial charge in [0, 0.05) is 10.6 Å². The number of urea groups is 1. The first-order chi connectivity index (χ1) is 15.0. The van der Waals surface area contributed by atoms with Crippen LogP contribution in [-0.4, -0.2) is 39.5 Å². The summed E-state index contributed by atoms with van der Waals surface area (Å²) in [5.74, 6) is -0.165. The number of nitrogens with zero attached hydrogens (tertiary/aromatic N) is 3. The van der Waals surface area contributed by atoms with Crippen LogP contribution in [-0.2, 0) is 20.9 Å². The number of amides is 4. The Hall–Kier alpha value is -2.76. The van der Waals surface area contributed by atoms with Gasteiger partial charge in [0.15, 0.2) is 4.34 Å². The van der Waals surface area contributed by atoms with Crippen molar-refractivity contribution < 1.29 is 14.4 Å². The summed E-state index contributed by atoms with van der Waals surface area (Å²) in [6, 6.07) is 12.5. The van der Waals surface area contributed by atoms with Crippen LogP contribution in [0.2, 0.25) is 0 Å². The number of imide groups is 1. The number of aromatic nitrogens is 2. The maximum absolute atomic E-state index is 13.1. The van der Waals surface area contributed by atoms with Crippen molar-refractivity contribution in [3.8, 4) is 0 Å². The lowest BCUT2D eigenvalue weighted by Crippen LogP contribution is -2.44. The van der Waals surface area contributed by atoms with Gasteiger partial charge in [-0.3, -0.25) is 19.8 Å². The molecule has 0 saturated carbocycles. The van der Waals surface area contributed by atoms with Gasteiger partial charge in [0.05, 0.1) is 0 Å². The fourth-order valence-electron chi connectivity index (χ4n) is 3.28. The molecule has 0 radical (unpaired) electrons. The summed E-state index contributed by atoms with van der Waals surface area (Å²) in [6.07, 6.45) is 0.376. The zero-order chi connectivity index (χ0) is 21.8. The Balaban J connectivity index is 1.38. The van der Waals surface area contributed by atoms with Crippen LogP contribution >= 0.6 is 34.4 Å². The van der Waals surface area contributed by atoms with E-state index in [-0.39, 0.29) is 0 Å². The Labute approximate surface area is 191 Å². The molecule has 0 spiro atoms. The number of rotatable bonds is 8. The molecule has 2 N–H and O–H groups in total. The maximum Gasteiger partial charge on any atom is 0.325 e. The SMILES string of the molecule is CC[C@@]1(c2ccccc2)NC(=O)N(CC(=O)Nc2nnc(SCc3cccs3)s2)C1=O. The van der Waals surface area contributed by atoms with Gasteiger partial charge in [-0.1, -0.05) is 66.4 Å². The molecule has 8 nitrogen and oxygen atoms in total. The van der Waals surface area contributed by atoms with Crippen molar-refractivity contribution in [3.05, 3.63) is 58.3 Å². The lowest BCUT2D eigenvalue weighted by molar-refractivity contribution is -0.134. The van der Waals surface area contributed by atoms with Gasteiger partial charge in [-0.15, -0.1) is 21.5 Å². The molecule has 0 aliphatic carbocycles. The van der Waals surface area contributed by atoms with Crippen LogP contribution in [0.5, 0.6) is 0 Å². The topological polar surface area (TPSA) is 104 Å². The molecule has 11 heteroatoms. The highest BCUT2D eigenvalue weighted by molar-refractivity contribution is 8.00. The molecule has 1 aromatic carbocycles. The first kappa shape index (κ1) is 21.5. The molecule has 1 saturated heterocycles. The molecular formula is C20H19N5O3S3. The zero-order valence-electron chi connectivity index (χ0n) is 16.5. The molecule has 1 aliphatic heterocycles. The second-order valence-corrected chi connectivity index (χ2v) is 9.97. The predicted molar refractivity (Wildman–Crippen MR) is 121 cm³/mol. The monoisotopic (exact) mass is 473 g/mol. The minimum Gasteiger partial charge on any atom is -0.319 e. The molecule has 0 unspecified atom stereocenters. The highest BCUT2D eigenvalue weighted by Gasteiger charge is 2.51. The first-order valence-electron chi connectivity index (χ1n) is 9.50. The molecular weight excluding hydrogens is 454 g/mol. The number of hydrogen-bond donors (Lipinski definition) is 2. The molecule has 4 amide bonds. The Morgan fingerprint density at radius 2 is 2.00 bits per heavy atom. The van der Waals surface area contributed by atoms with E-state index < -0.39 is 29.9 Å². The number of benzene rings is 1. The molecule has 160 valence electrons. The van der Waals surface area contributed by atoms with Crippen LogP contribution in [0.1, 0.15) is 23.8 Å². The number of thiophene rings is 1. The van der Waals surface area contributed by atoms with E-state index in [1.807, 2.05) is 42.6 Å². The number of anilines is 1. The van der Waals surface area contributed by atoms with E-state index >= 15 is 0 Å². The lowest BCUT2D eigenvalue weighted by Gasteiger charge is -2.25. The highest BCUT2D eigenvalue weighted by Crippen LogP contribution is 2.33. The zero-order valence-corrected chi connectivity index (χ0v) is 19.0. The summed E-state index contributed by atoms with van der Waals surface area (Å²) in [4.78, 5) is 40.3. The van der Waals surface area contributed by atoms with Crippen molar-refractivity contribution >= 4 is 57.4 Å². The first-order valence-corrected chi connectivity index (χ1v) is 12.2. The van der Waals surface area contributed by atoms with Crippen LogP contribution in [0.15, 0.2) is 52.2 Å². The fourth-order valence-corrected chi connectivity index (χ4v) is 5.82. The Morgan fingerprint density at radius 1 is 1.19 bits per heavy atom. The third-order valence-corrected chi connectivity index (χ3v) is 7.93. The fraction of sp³-hybridized carbons (Fsp3) is 0.250. The molecule has 1 aliphatic rings. The van der Waals surface area contributed by atoms with E-state index in [0.717, 1.165) is 15.0 Å². The minimum atomic E-state index is -1.16. The Kier molecular flexibility index (Phi) is 6.35. The van der Waals surface area contributed by atoms with Crippen molar-refractivity contribution in [2.24, 2.45) is 0 Å². The van der Waals surface area contributed by atoms with Crippen LogP contribution in [0, 0.1) is 0 Å². The van der Waals surface area contributed by atoms with E-state index in [9.17, 15) is 14.4 Å². The standard InChI is InChI=1S/C20H19N5O3S3/c1-2-20(13-7-4-3-5-8-13)16(27)25(18(28)22-20)11-15(26)21-17-23-24-19(31-17)30-12-14-9-6-10-29-14/h3-10H,2,11-12H2,1H3,(H,22,28)(H,21,23,26)/t20-/m0/s1. The normalized spacial score (nSPS) is 18.3. The molecule has 2 aromatic heterocycles. The molecule has 0 bridgehead atoms. The van der Waals surface area contributed by atoms with Gasteiger partial charge in [-0.2, -0.15) is 0 Å². The molecule has 3 aromatic rings. The van der Waals surface area contributed by atoms with Gasteiger partial charge in [0.1, 0.15) is 12.1 Å². The number of thioether (sulfide) groups is 1. The summed E-state index contributed by atoms with van der Waals surface area (Å²) >= 11 is 4.46. The van der Waals surface area contributed by atoms with Crippen LogP contribution in [0.3, 0.4) is 0 Å². The minimum absolute atomic E-state index is 0.329. The summed E-state index contributed by atoms with van der Waals surface area (Å²) in [7, 11) is 0.